The monoisotopic (exact) mass is 207 g/mol. The lowest BCUT2D eigenvalue weighted by atomic mass is 10.1. The highest BCUT2D eigenvalue weighted by molar-refractivity contribution is 5.71. The van der Waals surface area contributed by atoms with Gasteiger partial charge in [-0.25, -0.2) is 0 Å². The Balaban J connectivity index is 2.46. The molecule has 82 valence electrons. The first-order chi connectivity index (χ1) is 7.27. The van der Waals surface area contributed by atoms with E-state index in [0.717, 1.165) is 6.42 Å². The zero-order valence-electron chi connectivity index (χ0n) is 9.25. The van der Waals surface area contributed by atoms with Gasteiger partial charge < -0.3 is 10.1 Å². The van der Waals surface area contributed by atoms with Crippen LogP contribution < -0.4 is 5.32 Å². The van der Waals surface area contributed by atoms with Gasteiger partial charge in [0.05, 0.1) is 13.7 Å². The van der Waals surface area contributed by atoms with Crippen LogP contribution in [0.5, 0.6) is 0 Å². The van der Waals surface area contributed by atoms with E-state index in [0.29, 0.717) is 6.54 Å². The standard InChI is InChI=1S/C12H17NO2/c1-3-10-6-4-5-7-11(10)8-13-9-12(14)15-2/h4-7,13H,3,8-9H2,1-2H3. The first kappa shape index (κ1) is 11.7. The zero-order chi connectivity index (χ0) is 11.1. The normalized spacial score (nSPS) is 10.0. The maximum atomic E-state index is 10.9. The van der Waals surface area contributed by atoms with Crippen molar-refractivity contribution < 1.29 is 9.53 Å². The molecule has 3 heteroatoms. The van der Waals surface area contributed by atoms with E-state index in [1.807, 2.05) is 12.1 Å². The van der Waals surface area contributed by atoms with Crippen molar-refractivity contribution in [3.8, 4) is 0 Å². The number of nitrogens with one attached hydrogen (secondary N) is 1. The van der Waals surface area contributed by atoms with Gasteiger partial charge in [-0.2, -0.15) is 0 Å². The Morgan fingerprint density at radius 3 is 2.60 bits per heavy atom. The molecule has 0 amide bonds. The minimum absolute atomic E-state index is 0.232. The highest BCUT2D eigenvalue weighted by atomic mass is 16.5. The van der Waals surface area contributed by atoms with Gasteiger partial charge in [-0.3, -0.25) is 4.79 Å². The first-order valence-electron chi connectivity index (χ1n) is 5.12. The van der Waals surface area contributed by atoms with Crippen LogP contribution in [0.3, 0.4) is 0 Å². The van der Waals surface area contributed by atoms with Crippen molar-refractivity contribution in [2.45, 2.75) is 19.9 Å². The molecule has 0 saturated heterocycles. The first-order valence-corrected chi connectivity index (χ1v) is 5.12. The molecule has 15 heavy (non-hydrogen) atoms. The number of carbonyl (C=O) groups excluding carboxylic acids is 1. The SMILES string of the molecule is CCc1ccccc1CNCC(=O)OC. The van der Waals surface area contributed by atoms with Crippen molar-refractivity contribution >= 4 is 5.97 Å². The number of hydrogen-bond acceptors (Lipinski definition) is 3. The van der Waals surface area contributed by atoms with Gasteiger partial charge in [0.1, 0.15) is 0 Å². The molecule has 0 aliphatic rings. The molecule has 0 saturated carbocycles. The van der Waals surface area contributed by atoms with Gasteiger partial charge in [-0.1, -0.05) is 31.2 Å². The molecule has 1 rings (SSSR count). The number of methoxy groups -OCH3 is 1. The van der Waals surface area contributed by atoms with Crippen LogP contribution in [0.4, 0.5) is 0 Å². The Morgan fingerprint density at radius 2 is 2.00 bits per heavy atom. The third kappa shape index (κ3) is 3.72. The average Bonchev–Trinajstić information content (AvgIpc) is 2.29. The average molecular weight is 207 g/mol. The molecule has 1 aromatic rings. The summed E-state index contributed by atoms with van der Waals surface area (Å²) in [5, 5.41) is 3.05. The van der Waals surface area contributed by atoms with E-state index in [9.17, 15) is 4.79 Å². The molecule has 0 unspecified atom stereocenters. The van der Waals surface area contributed by atoms with E-state index in [1.165, 1.54) is 18.2 Å². The Morgan fingerprint density at radius 1 is 1.33 bits per heavy atom. The van der Waals surface area contributed by atoms with Gasteiger partial charge >= 0.3 is 5.97 Å². The molecular weight excluding hydrogens is 190 g/mol. The van der Waals surface area contributed by atoms with E-state index >= 15 is 0 Å². The molecule has 0 atom stereocenters. The van der Waals surface area contributed by atoms with E-state index in [2.05, 4.69) is 29.1 Å². The summed E-state index contributed by atoms with van der Waals surface area (Å²) in [6, 6.07) is 8.22. The van der Waals surface area contributed by atoms with Crippen LogP contribution in [-0.4, -0.2) is 19.6 Å². The van der Waals surface area contributed by atoms with Crippen LogP contribution in [0.2, 0.25) is 0 Å². The third-order valence-corrected chi connectivity index (χ3v) is 2.31. The summed E-state index contributed by atoms with van der Waals surface area (Å²) in [5.74, 6) is -0.232. The maximum absolute atomic E-state index is 10.9. The van der Waals surface area contributed by atoms with E-state index in [1.54, 1.807) is 0 Å². The smallest absolute Gasteiger partial charge is 0.319 e. The molecule has 0 radical (unpaired) electrons. The Hall–Kier alpha value is -1.35. The number of aryl methyl sites for hydroxylation is 1. The molecule has 3 nitrogen and oxygen atoms in total. The van der Waals surface area contributed by atoms with Crippen LogP contribution in [-0.2, 0) is 22.5 Å². The Labute approximate surface area is 90.4 Å². The van der Waals surface area contributed by atoms with Gasteiger partial charge in [0.15, 0.2) is 0 Å². The van der Waals surface area contributed by atoms with Crippen LogP contribution >= 0.6 is 0 Å². The Kier molecular flexibility index (Phi) is 4.84. The molecule has 0 fully saturated rings. The van der Waals surface area contributed by atoms with Crippen molar-refractivity contribution in [3.05, 3.63) is 35.4 Å². The molecule has 0 heterocycles. The molecular formula is C12H17NO2. The molecule has 1 N–H and O–H groups in total. The second kappa shape index (κ2) is 6.19. The van der Waals surface area contributed by atoms with Crippen LogP contribution in [0.1, 0.15) is 18.1 Å². The summed E-state index contributed by atoms with van der Waals surface area (Å²) >= 11 is 0. The van der Waals surface area contributed by atoms with Crippen LogP contribution in [0.15, 0.2) is 24.3 Å². The van der Waals surface area contributed by atoms with E-state index < -0.39 is 0 Å². The van der Waals surface area contributed by atoms with Gasteiger partial charge in [0.25, 0.3) is 0 Å². The van der Waals surface area contributed by atoms with E-state index in [-0.39, 0.29) is 12.5 Å². The summed E-state index contributed by atoms with van der Waals surface area (Å²) in [4.78, 5) is 10.9. The molecule has 0 aromatic heterocycles. The number of ether oxygens (including phenoxy) is 1. The van der Waals surface area contributed by atoms with Gasteiger partial charge in [-0.05, 0) is 17.5 Å². The van der Waals surface area contributed by atoms with Crippen molar-refractivity contribution in [1.29, 1.82) is 0 Å². The minimum Gasteiger partial charge on any atom is -0.468 e. The summed E-state index contributed by atoms with van der Waals surface area (Å²) in [5.41, 5.74) is 2.55. The van der Waals surface area contributed by atoms with Gasteiger partial charge in [-0.15, -0.1) is 0 Å². The summed E-state index contributed by atoms with van der Waals surface area (Å²) in [6.45, 7) is 3.09. The van der Waals surface area contributed by atoms with Gasteiger partial charge in [0.2, 0.25) is 0 Å². The lowest BCUT2D eigenvalue weighted by Crippen LogP contribution is -2.23. The van der Waals surface area contributed by atoms with Crippen molar-refractivity contribution in [2.24, 2.45) is 0 Å². The molecule has 0 bridgehead atoms. The fourth-order valence-corrected chi connectivity index (χ4v) is 1.45. The third-order valence-electron chi connectivity index (χ3n) is 2.31. The second-order valence-corrected chi connectivity index (χ2v) is 3.30. The largest absolute Gasteiger partial charge is 0.468 e. The number of hydrogen-bond donors (Lipinski definition) is 1. The zero-order valence-corrected chi connectivity index (χ0v) is 9.25. The van der Waals surface area contributed by atoms with Crippen LogP contribution in [0, 0.1) is 0 Å². The molecule has 0 spiro atoms. The lowest BCUT2D eigenvalue weighted by Gasteiger charge is -2.08. The predicted octanol–water partition coefficient (Wildman–Crippen LogP) is 1.51. The second-order valence-electron chi connectivity index (χ2n) is 3.30. The highest BCUT2D eigenvalue weighted by Gasteiger charge is 2.01. The van der Waals surface area contributed by atoms with Gasteiger partial charge in [0, 0.05) is 6.54 Å². The Bertz CT molecular complexity index is 323. The fraction of sp³-hybridized carbons (Fsp3) is 0.417. The summed E-state index contributed by atoms with van der Waals surface area (Å²) in [6.07, 6.45) is 1.01. The fourth-order valence-electron chi connectivity index (χ4n) is 1.45. The summed E-state index contributed by atoms with van der Waals surface area (Å²) in [7, 11) is 1.39. The van der Waals surface area contributed by atoms with Crippen molar-refractivity contribution in [3.63, 3.8) is 0 Å². The number of carbonyl (C=O) groups is 1. The molecule has 1 aromatic carbocycles. The molecule has 0 aliphatic heterocycles. The topological polar surface area (TPSA) is 38.3 Å². The summed E-state index contributed by atoms with van der Waals surface area (Å²) < 4.78 is 4.54. The number of esters is 1. The van der Waals surface area contributed by atoms with E-state index in [4.69, 9.17) is 0 Å². The number of rotatable bonds is 5. The van der Waals surface area contributed by atoms with Crippen molar-refractivity contribution in [2.75, 3.05) is 13.7 Å². The predicted molar refractivity (Wildman–Crippen MR) is 59.5 cm³/mol. The minimum atomic E-state index is -0.232. The number of benzene rings is 1. The quantitative estimate of drug-likeness (QED) is 0.744. The lowest BCUT2D eigenvalue weighted by molar-refractivity contribution is -0.139. The van der Waals surface area contributed by atoms with Crippen LogP contribution in [0.25, 0.3) is 0 Å². The maximum Gasteiger partial charge on any atom is 0.319 e. The molecule has 0 aliphatic carbocycles. The highest BCUT2D eigenvalue weighted by Crippen LogP contribution is 2.08. The van der Waals surface area contributed by atoms with Crippen molar-refractivity contribution in [1.82, 2.24) is 5.32 Å².